The number of allylic oxidation sites excluding steroid dienone is 2. The lowest BCUT2D eigenvalue weighted by atomic mass is 10.0. The molecule has 0 unspecified atom stereocenters. The van der Waals surface area contributed by atoms with Crippen LogP contribution in [0.4, 0.5) is 0 Å². The maximum absolute atomic E-state index is 9.83. The highest BCUT2D eigenvalue weighted by molar-refractivity contribution is 5.88. The Hall–Kier alpha value is -6.02. The van der Waals surface area contributed by atoms with Gasteiger partial charge in [-0.1, -0.05) is 53.7 Å². The molecule has 198 valence electrons. The second-order valence-electron chi connectivity index (χ2n) is 10.4. The molecule has 0 radical (unpaired) electrons. The van der Waals surface area contributed by atoms with Crippen molar-refractivity contribution >= 4 is 27.4 Å². The number of aromatic hydroxyl groups is 2. The summed E-state index contributed by atoms with van der Waals surface area (Å²) in [4.78, 5) is 6.49. The van der Waals surface area contributed by atoms with Crippen LogP contribution in [0.25, 0.3) is 27.4 Å². The minimum Gasteiger partial charge on any atom is -0.508 e. The molecule has 4 N–H and O–H groups in total. The monoisotopic (exact) mass is 540 g/mol. The summed E-state index contributed by atoms with van der Waals surface area (Å²) in [6.45, 7) is 2.07. The lowest BCUT2D eigenvalue weighted by Gasteiger charge is -2.01. The number of phenolic OH excluding ortho intramolecular Hbond substituents is 2. The second-order valence-corrected chi connectivity index (χ2v) is 10.4. The molecule has 0 atom stereocenters. The molecule has 0 bridgehead atoms. The molecule has 0 fully saturated rings. The molecule has 0 spiro atoms. The molecule has 0 saturated carbocycles. The minimum absolute atomic E-state index is 0.209. The third kappa shape index (κ3) is 4.89. The van der Waals surface area contributed by atoms with E-state index in [0.29, 0.717) is 0 Å². The van der Waals surface area contributed by atoms with E-state index >= 15 is 0 Å². The van der Waals surface area contributed by atoms with Crippen LogP contribution in [0.2, 0.25) is 0 Å². The molecule has 4 nitrogen and oxygen atoms in total. The second kappa shape index (κ2) is 10.2. The van der Waals surface area contributed by atoms with Crippen molar-refractivity contribution in [3.05, 3.63) is 136 Å². The standard InChI is InChI=1S/C38H24N2O2/c1-24-2-13-35-30(22-39-37(35)16-24)7-4-26-17-25(3-6-28-9-10-29-20-32(41)11-14-34(28)29)18-27(19-26)5-8-31-23-40-38-21-33(42)12-15-36(31)38/h2,9,11-23,39-42H,10H2,1H3. The van der Waals surface area contributed by atoms with Crippen LogP contribution in [-0.4, -0.2) is 20.2 Å². The van der Waals surface area contributed by atoms with Gasteiger partial charge in [-0.25, -0.2) is 0 Å². The van der Waals surface area contributed by atoms with Crippen molar-refractivity contribution in [2.45, 2.75) is 13.3 Å². The van der Waals surface area contributed by atoms with E-state index in [-0.39, 0.29) is 11.5 Å². The van der Waals surface area contributed by atoms with Crippen LogP contribution >= 0.6 is 0 Å². The molecular formula is C38H24N2O2. The number of phenols is 2. The minimum atomic E-state index is 0.209. The largest absolute Gasteiger partial charge is 0.508 e. The van der Waals surface area contributed by atoms with Gasteiger partial charge in [0, 0.05) is 57.0 Å². The summed E-state index contributed by atoms with van der Waals surface area (Å²) < 4.78 is 0. The van der Waals surface area contributed by atoms with E-state index in [1.165, 1.54) is 5.56 Å². The number of hydrogen-bond acceptors (Lipinski definition) is 2. The van der Waals surface area contributed by atoms with Gasteiger partial charge >= 0.3 is 0 Å². The van der Waals surface area contributed by atoms with Gasteiger partial charge in [-0.05, 0) is 84.6 Å². The molecule has 1 aliphatic rings. The van der Waals surface area contributed by atoms with Gasteiger partial charge in [0.05, 0.1) is 16.6 Å². The zero-order valence-electron chi connectivity index (χ0n) is 22.8. The summed E-state index contributed by atoms with van der Waals surface area (Å²) in [6.07, 6.45) is 6.64. The average Bonchev–Trinajstić information content (AvgIpc) is 3.69. The van der Waals surface area contributed by atoms with Crippen molar-refractivity contribution in [1.29, 1.82) is 0 Å². The van der Waals surface area contributed by atoms with Crippen molar-refractivity contribution < 1.29 is 10.2 Å². The fraction of sp³-hybridized carbons (Fsp3) is 0.0526. The van der Waals surface area contributed by atoms with Crippen LogP contribution in [0.3, 0.4) is 0 Å². The van der Waals surface area contributed by atoms with Gasteiger partial charge in [0.1, 0.15) is 11.5 Å². The first-order valence-electron chi connectivity index (χ1n) is 13.6. The van der Waals surface area contributed by atoms with Gasteiger partial charge < -0.3 is 20.2 Å². The van der Waals surface area contributed by atoms with Gasteiger partial charge in [0.2, 0.25) is 0 Å². The first-order valence-corrected chi connectivity index (χ1v) is 13.6. The summed E-state index contributed by atoms with van der Waals surface area (Å²) in [7, 11) is 0. The molecule has 2 heterocycles. The van der Waals surface area contributed by atoms with Crippen LogP contribution in [0.1, 0.15) is 44.5 Å². The van der Waals surface area contributed by atoms with Crippen LogP contribution < -0.4 is 0 Å². The SMILES string of the molecule is Cc1ccc2c(C#Cc3cc(C#CC4=CCc5cc(O)ccc54)cc(C#Cc4c[nH]c5cc(O)ccc45)c3)c[nH]c2c1. The highest BCUT2D eigenvalue weighted by atomic mass is 16.3. The predicted molar refractivity (Wildman–Crippen MR) is 168 cm³/mol. The van der Waals surface area contributed by atoms with E-state index in [4.69, 9.17) is 0 Å². The van der Waals surface area contributed by atoms with Gasteiger partial charge in [-0.3, -0.25) is 0 Å². The fourth-order valence-corrected chi connectivity index (χ4v) is 5.28. The molecule has 7 rings (SSSR count). The maximum Gasteiger partial charge on any atom is 0.117 e. The normalized spacial score (nSPS) is 11.6. The zero-order chi connectivity index (χ0) is 28.6. The van der Waals surface area contributed by atoms with E-state index in [0.717, 1.165) is 72.7 Å². The Morgan fingerprint density at radius 2 is 1.17 bits per heavy atom. The van der Waals surface area contributed by atoms with E-state index in [9.17, 15) is 10.2 Å². The number of nitrogens with one attached hydrogen (secondary N) is 2. The Morgan fingerprint density at radius 3 is 1.86 bits per heavy atom. The van der Waals surface area contributed by atoms with Crippen molar-refractivity contribution in [3.8, 4) is 47.0 Å². The average molecular weight is 541 g/mol. The Balaban J connectivity index is 1.28. The maximum atomic E-state index is 9.83. The number of aromatic amines is 2. The summed E-state index contributed by atoms with van der Waals surface area (Å²) in [5.41, 5.74) is 10.4. The predicted octanol–water partition coefficient (Wildman–Crippen LogP) is 7.16. The molecule has 4 heteroatoms. The summed E-state index contributed by atoms with van der Waals surface area (Å²) in [5, 5.41) is 21.7. The molecule has 4 aromatic carbocycles. The van der Waals surface area contributed by atoms with Gasteiger partial charge in [-0.15, -0.1) is 0 Å². The lowest BCUT2D eigenvalue weighted by Crippen LogP contribution is -1.86. The quantitative estimate of drug-likeness (QED) is 0.154. The molecule has 0 aliphatic heterocycles. The zero-order valence-corrected chi connectivity index (χ0v) is 22.8. The van der Waals surface area contributed by atoms with Gasteiger partial charge in [0.15, 0.2) is 0 Å². The van der Waals surface area contributed by atoms with Crippen LogP contribution in [0.15, 0.2) is 91.3 Å². The summed E-state index contributed by atoms with van der Waals surface area (Å²) in [5.74, 6) is 20.4. The van der Waals surface area contributed by atoms with Crippen molar-refractivity contribution in [3.63, 3.8) is 0 Å². The number of fused-ring (bicyclic) bond motifs is 3. The van der Waals surface area contributed by atoms with E-state index in [2.05, 4.69) is 76.7 Å². The molecule has 0 saturated heterocycles. The highest BCUT2D eigenvalue weighted by Gasteiger charge is 2.12. The van der Waals surface area contributed by atoms with Crippen molar-refractivity contribution in [1.82, 2.24) is 9.97 Å². The third-order valence-electron chi connectivity index (χ3n) is 7.37. The first kappa shape index (κ1) is 25.0. The first-order chi connectivity index (χ1) is 20.5. The Morgan fingerprint density at radius 1 is 0.595 bits per heavy atom. The number of aryl methyl sites for hydroxylation is 1. The molecule has 0 amide bonds. The van der Waals surface area contributed by atoms with Crippen LogP contribution in [-0.2, 0) is 6.42 Å². The van der Waals surface area contributed by atoms with Gasteiger partial charge in [-0.2, -0.15) is 0 Å². The van der Waals surface area contributed by atoms with E-state index in [1.54, 1.807) is 24.3 Å². The van der Waals surface area contributed by atoms with Gasteiger partial charge in [0.25, 0.3) is 0 Å². The van der Waals surface area contributed by atoms with Crippen LogP contribution in [0.5, 0.6) is 11.5 Å². The number of H-pyrrole nitrogens is 2. The summed E-state index contributed by atoms with van der Waals surface area (Å²) >= 11 is 0. The van der Waals surface area contributed by atoms with Crippen LogP contribution in [0, 0.1) is 42.4 Å². The van der Waals surface area contributed by atoms with E-state index in [1.807, 2.05) is 42.7 Å². The Labute approximate surface area is 243 Å². The van der Waals surface area contributed by atoms with Crippen molar-refractivity contribution in [2.75, 3.05) is 0 Å². The third-order valence-corrected chi connectivity index (χ3v) is 7.37. The Kier molecular flexibility index (Phi) is 6.06. The highest BCUT2D eigenvalue weighted by Crippen LogP contribution is 2.30. The molecule has 1 aliphatic carbocycles. The summed E-state index contributed by atoms with van der Waals surface area (Å²) in [6, 6.07) is 22.9. The molecule has 2 aromatic heterocycles. The topological polar surface area (TPSA) is 72.0 Å². The smallest absolute Gasteiger partial charge is 0.117 e. The van der Waals surface area contributed by atoms with E-state index < -0.39 is 0 Å². The Bertz CT molecular complexity index is 2160. The number of aromatic nitrogens is 2. The lowest BCUT2D eigenvalue weighted by molar-refractivity contribution is 0.474. The molecule has 6 aromatic rings. The number of benzene rings is 4. The number of hydrogen-bond donors (Lipinski definition) is 4. The number of rotatable bonds is 0. The van der Waals surface area contributed by atoms with Crippen molar-refractivity contribution in [2.24, 2.45) is 0 Å². The fourth-order valence-electron chi connectivity index (χ4n) is 5.28. The molecule has 42 heavy (non-hydrogen) atoms. The molecular weight excluding hydrogens is 516 g/mol.